The summed E-state index contributed by atoms with van der Waals surface area (Å²) in [5, 5.41) is 6.94. The van der Waals surface area contributed by atoms with Crippen molar-refractivity contribution in [2.24, 2.45) is 4.99 Å². The van der Waals surface area contributed by atoms with Crippen LogP contribution in [0.15, 0.2) is 29.3 Å². The van der Waals surface area contributed by atoms with Gasteiger partial charge in [0.05, 0.1) is 6.54 Å². The van der Waals surface area contributed by atoms with Crippen molar-refractivity contribution in [1.29, 1.82) is 0 Å². The van der Waals surface area contributed by atoms with Gasteiger partial charge in [-0.15, -0.1) is 24.0 Å². The average Bonchev–Trinajstić information content (AvgIpc) is 2.68. The number of aliphatic imine (C=N–C) groups is 1. The number of methoxy groups -OCH3 is 1. The van der Waals surface area contributed by atoms with Crippen LogP contribution in [0.3, 0.4) is 0 Å². The number of nitrogens with one attached hydrogen (secondary N) is 2. The van der Waals surface area contributed by atoms with Crippen molar-refractivity contribution in [2.75, 3.05) is 46.9 Å². The zero-order valence-corrected chi connectivity index (χ0v) is 20.1. The lowest BCUT2D eigenvalue weighted by Gasteiger charge is -2.33. The first kappa shape index (κ1) is 25.0. The molecular weight excluding hydrogens is 467 g/mol. The lowest BCUT2D eigenvalue weighted by Crippen LogP contribution is -2.50. The number of hydrogen-bond acceptors (Lipinski definition) is 4. The summed E-state index contributed by atoms with van der Waals surface area (Å²) in [6.07, 6.45) is 3.46. The minimum atomic E-state index is 0. The van der Waals surface area contributed by atoms with E-state index in [1.165, 1.54) is 5.56 Å². The molecule has 6 nitrogen and oxygen atoms in total. The van der Waals surface area contributed by atoms with Gasteiger partial charge in [-0.25, -0.2) is 0 Å². The highest BCUT2D eigenvalue weighted by Gasteiger charge is 2.19. The van der Waals surface area contributed by atoms with Gasteiger partial charge in [-0.05, 0) is 45.2 Å². The van der Waals surface area contributed by atoms with Crippen molar-refractivity contribution >= 4 is 29.9 Å². The van der Waals surface area contributed by atoms with Crippen LogP contribution >= 0.6 is 24.0 Å². The van der Waals surface area contributed by atoms with Crippen LogP contribution in [-0.4, -0.2) is 69.9 Å². The van der Waals surface area contributed by atoms with Crippen molar-refractivity contribution in [2.45, 2.75) is 45.3 Å². The Labute approximate surface area is 187 Å². The number of hydrogen-bond donors (Lipinski definition) is 2. The Kier molecular flexibility index (Phi) is 12.5. The van der Waals surface area contributed by atoms with E-state index in [1.807, 2.05) is 19.2 Å². The third-order valence-electron chi connectivity index (χ3n) is 4.89. The van der Waals surface area contributed by atoms with Crippen molar-refractivity contribution in [3.63, 3.8) is 0 Å². The summed E-state index contributed by atoms with van der Waals surface area (Å²) in [5.41, 5.74) is 1.24. The van der Waals surface area contributed by atoms with Crippen LogP contribution in [0.25, 0.3) is 0 Å². The number of ether oxygens (including phenoxy) is 2. The molecule has 1 unspecified atom stereocenters. The van der Waals surface area contributed by atoms with Gasteiger partial charge in [0.15, 0.2) is 5.96 Å². The highest BCUT2D eigenvalue weighted by Crippen LogP contribution is 2.13. The molecule has 28 heavy (non-hydrogen) atoms. The second-order valence-electron chi connectivity index (χ2n) is 7.30. The molecule has 1 aliphatic rings. The Morgan fingerprint density at radius 2 is 1.93 bits per heavy atom. The smallest absolute Gasteiger partial charge is 0.191 e. The molecule has 0 bridgehead atoms. The SMILES string of the molecule is CN=C(NCC(C)Oc1ccc(C)cc1)NC1CCN(CCCOC)CC1.I. The normalized spacial score (nSPS) is 16.9. The van der Waals surface area contributed by atoms with Crippen LogP contribution in [0.1, 0.15) is 31.7 Å². The first-order valence-electron chi connectivity index (χ1n) is 10.0. The fourth-order valence-electron chi connectivity index (χ4n) is 3.25. The first-order valence-corrected chi connectivity index (χ1v) is 10.0. The predicted molar refractivity (Wildman–Crippen MR) is 127 cm³/mol. The van der Waals surface area contributed by atoms with E-state index in [1.54, 1.807) is 7.11 Å². The van der Waals surface area contributed by atoms with Crippen LogP contribution < -0.4 is 15.4 Å². The van der Waals surface area contributed by atoms with Gasteiger partial charge in [-0.2, -0.15) is 0 Å². The summed E-state index contributed by atoms with van der Waals surface area (Å²) in [5.74, 6) is 1.76. The quantitative estimate of drug-likeness (QED) is 0.234. The van der Waals surface area contributed by atoms with Crippen molar-refractivity contribution < 1.29 is 9.47 Å². The second kappa shape index (κ2) is 14.0. The molecular formula is C21H37IN4O2. The monoisotopic (exact) mass is 504 g/mol. The molecule has 7 heteroatoms. The van der Waals surface area contributed by atoms with Gasteiger partial charge in [0.25, 0.3) is 0 Å². The molecule has 2 rings (SSSR count). The third kappa shape index (κ3) is 9.43. The molecule has 0 aliphatic carbocycles. The van der Waals surface area contributed by atoms with Crippen LogP contribution in [0.4, 0.5) is 0 Å². The van der Waals surface area contributed by atoms with E-state index >= 15 is 0 Å². The molecule has 1 atom stereocenters. The molecule has 1 heterocycles. The number of likely N-dealkylation sites (tertiary alicyclic amines) is 1. The molecule has 160 valence electrons. The molecule has 0 aromatic heterocycles. The summed E-state index contributed by atoms with van der Waals surface area (Å²) in [6, 6.07) is 8.64. The van der Waals surface area contributed by atoms with Gasteiger partial charge in [-0.1, -0.05) is 17.7 Å². The third-order valence-corrected chi connectivity index (χ3v) is 4.89. The molecule has 1 aromatic carbocycles. The van der Waals surface area contributed by atoms with Gasteiger partial charge in [0.1, 0.15) is 11.9 Å². The maximum atomic E-state index is 5.95. The number of rotatable bonds is 9. The number of aryl methyl sites for hydroxylation is 1. The average molecular weight is 504 g/mol. The van der Waals surface area contributed by atoms with Crippen molar-refractivity contribution in [3.8, 4) is 5.75 Å². The van der Waals surface area contributed by atoms with E-state index in [0.29, 0.717) is 12.6 Å². The molecule has 1 saturated heterocycles. The fraction of sp³-hybridized carbons (Fsp3) is 0.667. The number of guanidine groups is 1. The number of nitrogens with zero attached hydrogens (tertiary/aromatic N) is 2. The van der Waals surface area contributed by atoms with Gasteiger partial charge in [-0.3, -0.25) is 4.99 Å². The van der Waals surface area contributed by atoms with Gasteiger partial charge in [0.2, 0.25) is 0 Å². The number of benzene rings is 1. The molecule has 0 radical (unpaired) electrons. The van der Waals surface area contributed by atoms with E-state index in [-0.39, 0.29) is 30.1 Å². The number of halogens is 1. The maximum absolute atomic E-state index is 5.95. The number of piperidine rings is 1. The summed E-state index contributed by atoms with van der Waals surface area (Å²) >= 11 is 0. The fourth-order valence-corrected chi connectivity index (χ4v) is 3.25. The van der Waals surface area contributed by atoms with Gasteiger partial charge >= 0.3 is 0 Å². The molecule has 0 amide bonds. The molecule has 1 aromatic rings. The Bertz CT molecular complexity index is 560. The van der Waals surface area contributed by atoms with Gasteiger partial charge < -0.3 is 25.0 Å². The van der Waals surface area contributed by atoms with Crippen molar-refractivity contribution in [3.05, 3.63) is 29.8 Å². The summed E-state index contributed by atoms with van der Waals surface area (Å²) in [4.78, 5) is 6.88. The molecule has 2 N–H and O–H groups in total. The van der Waals surface area contributed by atoms with E-state index in [2.05, 4.69) is 46.5 Å². The minimum Gasteiger partial charge on any atom is -0.489 e. The minimum absolute atomic E-state index is 0. The molecule has 0 saturated carbocycles. The van der Waals surface area contributed by atoms with E-state index in [4.69, 9.17) is 9.47 Å². The van der Waals surface area contributed by atoms with Gasteiger partial charge in [0, 0.05) is 46.4 Å². The van der Waals surface area contributed by atoms with E-state index in [0.717, 1.165) is 57.2 Å². The lowest BCUT2D eigenvalue weighted by atomic mass is 10.1. The predicted octanol–water partition coefficient (Wildman–Crippen LogP) is 3.05. The van der Waals surface area contributed by atoms with Crippen molar-refractivity contribution in [1.82, 2.24) is 15.5 Å². The summed E-state index contributed by atoms with van der Waals surface area (Å²) < 4.78 is 11.1. The lowest BCUT2D eigenvalue weighted by molar-refractivity contribution is 0.155. The highest BCUT2D eigenvalue weighted by atomic mass is 127. The summed E-state index contributed by atoms with van der Waals surface area (Å²) in [7, 11) is 3.59. The van der Waals surface area contributed by atoms with Crippen LogP contribution in [0.2, 0.25) is 0 Å². The zero-order chi connectivity index (χ0) is 19.5. The van der Waals surface area contributed by atoms with E-state index in [9.17, 15) is 0 Å². The molecule has 1 fully saturated rings. The first-order chi connectivity index (χ1) is 13.1. The topological polar surface area (TPSA) is 58.1 Å². The molecule has 0 spiro atoms. The standard InChI is InChI=1S/C21H36N4O2.HI/c1-17-6-8-20(9-7-17)27-18(2)16-23-21(22-3)24-19-10-13-25(14-11-19)12-5-15-26-4;/h6-9,18-19H,5,10-16H2,1-4H3,(H2,22,23,24);1H. The Morgan fingerprint density at radius 3 is 2.54 bits per heavy atom. The van der Waals surface area contributed by atoms with Crippen LogP contribution in [0.5, 0.6) is 5.75 Å². The summed E-state index contributed by atoms with van der Waals surface area (Å²) in [6.45, 7) is 9.09. The Hall–Kier alpha value is -1.06. The molecule has 1 aliphatic heterocycles. The highest BCUT2D eigenvalue weighted by molar-refractivity contribution is 14.0. The largest absolute Gasteiger partial charge is 0.489 e. The van der Waals surface area contributed by atoms with Crippen LogP contribution in [-0.2, 0) is 4.74 Å². The zero-order valence-electron chi connectivity index (χ0n) is 17.7. The van der Waals surface area contributed by atoms with Crippen LogP contribution in [0, 0.1) is 6.92 Å². The Balaban J connectivity index is 0.00000392. The maximum Gasteiger partial charge on any atom is 0.191 e. The van der Waals surface area contributed by atoms with E-state index < -0.39 is 0 Å². The Morgan fingerprint density at radius 1 is 1.25 bits per heavy atom. The second-order valence-corrected chi connectivity index (χ2v) is 7.30.